The van der Waals surface area contributed by atoms with Gasteiger partial charge in [-0.25, -0.2) is 0 Å². The minimum absolute atomic E-state index is 0.0444. The molecule has 8 atom stereocenters. The molecule has 5 heteroatoms. The second kappa shape index (κ2) is 5.87. The van der Waals surface area contributed by atoms with Gasteiger partial charge in [-0.3, -0.25) is 9.59 Å². The lowest BCUT2D eigenvalue weighted by Gasteiger charge is -2.64. The van der Waals surface area contributed by atoms with Crippen LogP contribution in [0.1, 0.15) is 52.9 Å². The lowest BCUT2D eigenvalue weighted by Crippen LogP contribution is -2.68. The number of fused-ring (bicyclic) bond motifs is 3. The highest BCUT2D eigenvalue weighted by Gasteiger charge is 2.75. The highest BCUT2D eigenvalue weighted by Crippen LogP contribution is 2.70. The zero-order valence-corrected chi connectivity index (χ0v) is 17.4. The average Bonchev–Trinajstić information content (AvgIpc) is 2.70. The van der Waals surface area contributed by atoms with E-state index in [0.717, 1.165) is 19.3 Å². The van der Waals surface area contributed by atoms with E-state index in [0.29, 0.717) is 19.4 Å². The number of hydrogen-bond acceptors (Lipinski definition) is 5. The van der Waals surface area contributed by atoms with Gasteiger partial charge in [0.05, 0.1) is 17.6 Å². The maximum atomic E-state index is 13.7. The van der Waals surface area contributed by atoms with Gasteiger partial charge in [-0.2, -0.15) is 0 Å². The van der Waals surface area contributed by atoms with Crippen LogP contribution in [-0.4, -0.2) is 59.5 Å². The molecule has 4 rings (SSSR count). The number of aliphatic hydroxyl groups excluding tert-OH is 2. The van der Waals surface area contributed by atoms with Gasteiger partial charge in [-0.05, 0) is 62.9 Å². The summed E-state index contributed by atoms with van der Waals surface area (Å²) in [6, 6.07) is 0. The van der Waals surface area contributed by atoms with Crippen LogP contribution in [0.5, 0.6) is 0 Å². The summed E-state index contributed by atoms with van der Waals surface area (Å²) >= 11 is 0. The molecule has 0 aromatic heterocycles. The van der Waals surface area contributed by atoms with E-state index in [1.54, 1.807) is 0 Å². The topological polar surface area (TPSA) is 77.8 Å². The largest absolute Gasteiger partial charge is 0.392 e. The van der Waals surface area contributed by atoms with Crippen molar-refractivity contribution in [1.29, 1.82) is 0 Å². The number of hydrogen-bond donors (Lipinski definition) is 2. The van der Waals surface area contributed by atoms with Crippen LogP contribution < -0.4 is 0 Å². The van der Waals surface area contributed by atoms with Crippen molar-refractivity contribution in [2.45, 2.75) is 65.1 Å². The van der Waals surface area contributed by atoms with E-state index in [1.165, 1.54) is 0 Å². The maximum absolute atomic E-state index is 13.7. The Morgan fingerprint density at radius 3 is 2.37 bits per heavy atom. The molecule has 152 valence electrons. The molecule has 5 nitrogen and oxygen atoms in total. The number of aliphatic hydroxyl groups is 2. The third-order valence-electron chi connectivity index (χ3n) is 9.19. The highest BCUT2D eigenvalue weighted by molar-refractivity contribution is 5.93. The average molecular weight is 378 g/mol. The van der Waals surface area contributed by atoms with Crippen LogP contribution in [-0.2, 0) is 9.59 Å². The van der Waals surface area contributed by atoms with Gasteiger partial charge in [0.25, 0.3) is 0 Å². The normalized spacial score (nSPS) is 51.3. The molecule has 2 bridgehead atoms. The molecular formula is C22H35NO4. The molecule has 1 spiro atoms. The quantitative estimate of drug-likeness (QED) is 0.768. The van der Waals surface area contributed by atoms with E-state index < -0.39 is 23.0 Å². The van der Waals surface area contributed by atoms with Gasteiger partial charge in [-0.1, -0.05) is 20.8 Å². The van der Waals surface area contributed by atoms with Crippen molar-refractivity contribution in [3.05, 3.63) is 0 Å². The smallest absolute Gasteiger partial charge is 0.149 e. The molecule has 4 aliphatic rings. The van der Waals surface area contributed by atoms with Crippen LogP contribution in [0.15, 0.2) is 0 Å². The number of nitrogens with zero attached hydrogens (tertiary/aromatic N) is 1. The molecule has 2 N–H and O–H groups in total. The summed E-state index contributed by atoms with van der Waals surface area (Å²) in [6.45, 7) is 6.88. The minimum Gasteiger partial charge on any atom is -0.392 e. The van der Waals surface area contributed by atoms with Crippen molar-refractivity contribution in [2.24, 2.45) is 39.9 Å². The van der Waals surface area contributed by atoms with Gasteiger partial charge in [0.2, 0.25) is 0 Å². The molecule has 0 saturated heterocycles. The Balaban J connectivity index is 1.81. The molecule has 4 saturated carbocycles. The molecule has 0 heterocycles. The Kier molecular flexibility index (Phi) is 4.24. The zero-order valence-electron chi connectivity index (χ0n) is 17.4. The summed E-state index contributed by atoms with van der Waals surface area (Å²) < 4.78 is 0. The molecule has 0 radical (unpaired) electrons. The third kappa shape index (κ3) is 2.22. The Hall–Kier alpha value is -0.780. The second-order valence-electron chi connectivity index (χ2n) is 10.9. The van der Waals surface area contributed by atoms with Gasteiger partial charge in [-0.15, -0.1) is 0 Å². The monoisotopic (exact) mass is 377 g/mol. The van der Waals surface area contributed by atoms with Gasteiger partial charge in [0.1, 0.15) is 11.6 Å². The van der Waals surface area contributed by atoms with E-state index >= 15 is 0 Å². The standard InChI is InChI=1S/C22H35NO4/c1-20(2)15-10-17(25)22-14(21(15,3)9-8-16(20)24)7-6-12(18(22)26)13(19(22)27)11-23(4)5/h12-15,17-18,25-26H,6-11H2,1-5H3/t12?,13-,14?,15+,17+,18?,21-,22?/m0/s1. The Morgan fingerprint density at radius 2 is 1.74 bits per heavy atom. The fourth-order valence-electron chi connectivity index (χ4n) is 7.95. The fourth-order valence-corrected chi connectivity index (χ4v) is 7.95. The lowest BCUT2D eigenvalue weighted by molar-refractivity contribution is -0.222. The third-order valence-corrected chi connectivity index (χ3v) is 9.19. The van der Waals surface area contributed by atoms with Crippen LogP contribution in [0, 0.1) is 39.9 Å². The van der Waals surface area contributed by atoms with Gasteiger partial charge in [0, 0.05) is 24.3 Å². The van der Waals surface area contributed by atoms with Crippen LogP contribution in [0.2, 0.25) is 0 Å². The van der Waals surface area contributed by atoms with Crippen LogP contribution in [0.25, 0.3) is 0 Å². The molecule has 4 aliphatic carbocycles. The summed E-state index contributed by atoms with van der Waals surface area (Å²) in [6.07, 6.45) is 1.83. The van der Waals surface area contributed by atoms with Gasteiger partial charge < -0.3 is 15.1 Å². The van der Waals surface area contributed by atoms with Crippen LogP contribution in [0.3, 0.4) is 0 Å². The molecule has 4 unspecified atom stereocenters. The Morgan fingerprint density at radius 1 is 1.07 bits per heavy atom. The van der Waals surface area contributed by atoms with Crippen molar-refractivity contribution >= 4 is 11.6 Å². The number of ketones is 2. The molecule has 27 heavy (non-hydrogen) atoms. The SMILES string of the molecule is CN(C)C[C@@H]1C(=O)C23C(O)C1CCC2[C@]1(C)CCC(=O)C(C)(C)[C@H]1C[C@H]3O. The Labute approximate surface area is 162 Å². The van der Waals surface area contributed by atoms with E-state index in [1.807, 2.05) is 32.8 Å². The summed E-state index contributed by atoms with van der Waals surface area (Å²) in [5.74, 6) is 0.110. The summed E-state index contributed by atoms with van der Waals surface area (Å²) in [5, 5.41) is 22.7. The molecule has 0 aromatic rings. The maximum Gasteiger partial charge on any atom is 0.149 e. The minimum atomic E-state index is -1.04. The summed E-state index contributed by atoms with van der Waals surface area (Å²) in [4.78, 5) is 28.4. The van der Waals surface area contributed by atoms with Crippen LogP contribution >= 0.6 is 0 Å². The van der Waals surface area contributed by atoms with Crippen molar-refractivity contribution in [1.82, 2.24) is 4.90 Å². The number of carbonyl (C=O) groups excluding carboxylic acids is 2. The van der Waals surface area contributed by atoms with Gasteiger partial charge in [0.15, 0.2) is 0 Å². The first-order valence-corrected chi connectivity index (χ1v) is 10.6. The fraction of sp³-hybridized carbons (Fsp3) is 0.909. The predicted molar refractivity (Wildman–Crippen MR) is 102 cm³/mol. The first-order chi connectivity index (χ1) is 12.5. The molecule has 0 amide bonds. The van der Waals surface area contributed by atoms with Crippen LogP contribution in [0.4, 0.5) is 0 Å². The second-order valence-corrected chi connectivity index (χ2v) is 10.9. The summed E-state index contributed by atoms with van der Waals surface area (Å²) in [7, 11) is 3.92. The number of rotatable bonds is 2. The first kappa shape index (κ1) is 19.5. The van der Waals surface area contributed by atoms with Crippen molar-refractivity contribution in [3.8, 4) is 0 Å². The molecule has 0 aliphatic heterocycles. The first-order valence-electron chi connectivity index (χ1n) is 10.6. The van der Waals surface area contributed by atoms with Crippen molar-refractivity contribution in [2.75, 3.05) is 20.6 Å². The number of Topliss-reactive ketones (excluding diaryl/α,β-unsaturated/α-hetero) is 2. The van der Waals surface area contributed by atoms with E-state index in [9.17, 15) is 19.8 Å². The van der Waals surface area contributed by atoms with Crippen molar-refractivity contribution in [3.63, 3.8) is 0 Å². The highest BCUT2D eigenvalue weighted by atomic mass is 16.3. The van der Waals surface area contributed by atoms with E-state index in [-0.39, 0.29) is 40.7 Å². The van der Waals surface area contributed by atoms with Crippen molar-refractivity contribution < 1.29 is 19.8 Å². The van der Waals surface area contributed by atoms with E-state index in [4.69, 9.17) is 0 Å². The molecular weight excluding hydrogens is 342 g/mol. The molecule has 0 aromatic carbocycles. The lowest BCUT2D eigenvalue weighted by atomic mass is 9.39. The van der Waals surface area contributed by atoms with E-state index in [2.05, 4.69) is 6.92 Å². The molecule has 4 fully saturated rings. The predicted octanol–water partition coefficient (Wildman–Crippen LogP) is 1.90. The summed E-state index contributed by atoms with van der Waals surface area (Å²) in [5.41, 5.74) is -1.71. The number of carbonyl (C=O) groups is 2. The van der Waals surface area contributed by atoms with Gasteiger partial charge >= 0.3 is 0 Å². The zero-order chi connectivity index (χ0) is 19.9. The Bertz CT molecular complexity index is 673.